The fraction of sp³-hybridized carbons (Fsp3) is 0.167. The predicted octanol–water partition coefficient (Wildman–Crippen LogP) is 4.47. The summed E-state index contributed by atoms with van der Waals surface area (Å²) in [7, 11) is 0. The van der Waals surface area contributed by atoms with Crippen LogP contribution < -0.4 is 0 Å². The Bertz CT molecular complexity index is 374. The smallest absolute Gasteiger partial charge is 0.0208 e. The van der Waals surface area contributed by atoms with Gasteiger partial charge in [-0.1, -0.05) is 50.2 Å². The Morgan fingerprint density at radius 2 is 1.46 bits per heavy atom. The summed E-state index contributed by atoms with van der Waals surface area (Å²) in [5, 5.41) is 2.66. The lowest BCUT2D eigenvalue weighted by Crippen LogP contribution is -1.74. The highest BCUT2D eigenvalue weighted by Crippen LogP contribution is 2.19. The van der Waals surface area contributed by atoms with Crippen molar-refractivity contribution in [2.75, 3.05) is 0 Å². The second-order valence-corrected chi connectivity index (χ2v) is 3.62. The van der Waals surface area contributed by atoms with Crippen molar-refractivity contribution in [2.45, 2.75) is 13.8 Å². The van der Waals surface area contributed by atoms with Gasteiger partial charge in [-0.3, -0.25) is 0 Å². The van der Waals surface area contributed by atoms with Crippen molar-refractivity contribution >= 4 is 33.4 Å². The van der Waals surface area contributed by atoms with E-state index in [4.69, 9.17) is 0 Å². The average Bonchev–Trinajstić information content (AvgIpc) is 2.22. The minimum Gasteiger partial charge on any atom is -0.0683 e. The third-order valence-electron chi connectivity index (χ3n) is 1.74. The van der Waals surface area contributed by atoms with E-state index in [-0.39, 0.29) is 0 Å². The summed E-state index contributed by atoms with van der Waals surface area (Å²) < 4.78 is 1.32. The highest BCUT2D eigenvalue weighted by atomic mass is 127. The lowest BCUT2D eigenvalue weighted by Gasteiger charge is -1.97. The van der Waals surface area contributed by atoms with Gasteiger partial charge < -0.3 is 0 Å². The van der Waals surface area contributed by atoms with E-state index in [0.717, 1.165) is 0 Å². The highest BCUT2D eigenvalue weighted by Gasteiger charge is 1.93. The molecule has 0 heterocycles. The van der Waals surface area contributed by atoms with Crippen molar-refractivity contribution in [3.8, 4) is 0 Å². The van der Waals surface area contributed by atoms with Gasteiger partial charge in [0.1, 0.15) is 0 Å². The van der Waals surface area contributed by atoms with Crippen LogP contribution in [0.15, 0.2) is 42.5 Å². The molecular formula is C12H13I. The lowest BCUT2D eigenvalue weighted by atomic mass is 10.1. The van der Waals surface area contributed by atoms with E-state index < -0.39 is 0 Å². The molecule has 0 aliphatic heterocycles. The SMILES string of the molecule is CC.Ic1cccc2ccccc12. The van der Waals surface area contributed by atoms with E-state index in [0.29, 0.717) is 0 Å². The van der Waals surface area contributed by atoms with Crippen LogP contribution in [0, 0.1) is 3.57 Å². The van der Waals surface area contributed by atoms with Gasteiger partial charge in [0, 0.05) is 3.57 Å². The molecule has 0 atom stereocenters. The minimum atomic E-state index is 1.32. The number of hydrogen-bond acceptors (Lipinski definition) is 0. The van der Waals surface area contributed by atoms with Crippen molar-refractivity contribution in [1.82, 2.24) is 0 Å². The molecule has 2 aromatic rings. The number of rotatable bonds is 0. The second-order valence-electron chi connectivity index (χ2n) is 2.46. The standard InChI is InChI=1S/C10H7I.C2H6/c11-10-7-3-5-8-4-1-2-6-9(8)10;1-2/h1-7H;1-2H3. The zero-order valence-electron chi connectivity index (χ0n) is 7.92. The van der Waals surface area contributed by atoms with Crippen LogP contribution in [0.5, 0.6) is 0 Å². The van der Waals surface area contributed by atoms with Gasteiger partial charge in [-0.05, 0) is 39.4 Å². The summed E-state index contributed by atoms with van der Waals surface area (Å²) in [6.45, 7) is 4.00. The van der Waals surface area contributed by atoms with Gasteiger partial charge in [-0.15, -0.1) is 0 Å². The van der Waals surface area contributed by atoms with Gasteiger partial charge in [0.2, 0.25) is 0 Å². The number of benzene rings is 2. The topological polar surface area (TPSA) is 0 Å². The predicted molar refractivity (Wildman–Crippen MR) is 68.0 cm³/mol. The molecule has 0 nitrogen and oxygen atoms in total. The molecule has 0 aliphatic carbocycles. The van der Waals surface area contributed by atoms with E-state index in [1.165, 1.54) is 14.3 Å². The van der Waals surface area contributed by atoms with Crippen molar-refractivity contribution < 1.29 is 0 Å². The summed E-state index contributed by atoms with van der Waals surface area (Å²) in [5.41, 5.74) is 0. The average molecular weight is 284 g/mol. The molecule has 2 aromatic carbocycles. The first-order valence-corrected chi connectivity index (χ1v) is 5.59. The molecule has 0 N–H and O–H groups in total. The summed E-state index contributed by atoms with van der Waals surface area (Å²) >= 11 is 2.36. The molecule has 0 radical (unpaired) electrons. The Kier molecular flexibility index (Phi) is 4.22. The maximum Gasteiger partial charge on any atom is 0.0208 e. The first kappa shape index (κ1) is 10.5. The number of fused-ring (bicyclic) bond motifs is 1. The lowest BCUT2D eigenvalue weighted by molar-refractivity contribution is 1.50. The molecule has 0 fully saturated rings. The van der Waals surface area contributed by atoms with Crippen LogP contribution in [0.1, 0.15) is 13.8 Å². The van der Waals surface area contributed by atoms with Crippen LogP contribution in [-0.2, 0) is 0 Å². The van der Waals surface area contributed by atoms with Crippen LogP contribution in [0.4, 0.5) is 0 Å². The summed E-state index contributed by atoms with van der Waals surface area (Å²) in [6, 6.07) is 14.8. The Balaban J connectivity index is 0.000000396. The molecule has 0 spiro atoms. The minimum absolute atomic E-state index is 1.32. The molecule has 0 bridgehead atoms. The summed E-state index contributed by atoms with van der Waals surface area (Å²) in [4.78, 5) is 0. The van der Waals surface area contributed by atoms with Crippen molar-refractivity contribution in [3.05, 3.63) is 46.0 Å². The van der Waals surface area contributed by atoms with Crippen LogP contribution in [0.3, 0.4) is 0 Å². The maximum absolute atomic E-state index is 2.36. The molecular weight excluding hydrogens is 271 g/mol. The van der Waals surface area contributed by atoms with E-state index in [1.54, 1.807) is 0 Å². The van der Waals surface area contributed by atoms with E-state index in [1.807, 2.05) is 13.8 Å². The first-order chi connectivity index (χ1) is 6.38. The van der Waals surface area contributed by atoms with Crippen molar-refractivity contribution in [1.29, 1.82) is 0 Å². The summed E-state index contributed by atoms with van der Waals surface area (Å²) in [6.07, 6.45) is 0. The second kappa shape index (κ2) is 5.22. The van der Waals surface area contributed by atoms with Gasteiger partial charge in [0.05, 0.1) is 0 Å². The van der Waals surface area contributed by atoms with Crippen LogP contribution in [-0.4, -0.2) is 0 Å². The van der Waals surface area contributed by atoms with Gasteiger partial charge >= 0.3 is 0 Å². The quantitative estimate of drug-likeness (QED) is 0.626. The fourth-order valence-electron chi connectivity index (χ4n) is 1.19. The Labute approximate surface area is 93.1 Å². The Hall–Kier alpha value is -0.570. The zero-order chi connectivity index (χ0) is 9.68. The van der Waals surface area contributed by atoms with Gasteiger partial charge in [-0.2, -0.15) is 0 Å². The highest BCUT2D eigenvalue weighted by molar-refractivity contribution is 14.1. The maximum atomic E-state index is 2.36. The van der Waals surface area contributed by atoms with E-state index in [2.05, 4.69) is 65.1 Å². The zero-order valence-corrected chi connectivity index (χ0v) is 10.1. The number of halogens is 1. The van der Waals surface area contributed by atoms with E-state index >= 15 is 0 Å². The van der Waals surface area contributed by atoms with Crippen molar-refractivity contribution in [2.24, 2.45) is 0 Å². The first-order valence-electron chi connectivity index (χ1n) is 4.51. The molecule has 68 valence electrons. The van der Waals surface area contributed by atoms with Crippen LogP contribution in [0.25, 0.3) is 10.8 Å². The Morgan fingerprint density at radius 3 is 2.15 bits per heavy atom. The van der Waals surface area contributed by atoms with Gasteiger partial charge in [0.25, 0.3) is 0 Å². The molecule has 2 rings (SSSR count). The third kappa shape index (κ3) is 2.44. The van der Waals surface area contributed by atoms with E-state index in [9.17, 15) is 0 Å². The van der Waals surface area contributed by atoms with Gasteiger partial charge in [0.15, 0.2) is 0 Å². The third-order valence-corrected chi connectivity index (χ3v) is 2.68. The largest absolute Gasteiger partial charge is 0.0683 e. The summed E-state index contributed by atoms with van der Waals surface area (Å²) in [5.74, 6) is 0. The molecule has 0 amide bonds. The molecule has 0 aliphatic rings. The molecule has 13 heavy (non-hydrogen) atoms. The monoisotopic (exact) mass is 284 g/mol. The molecule has 0 saturated heterocycles. The fourth-order valence-corrected chi connectivity index (χ4v) is 1.88. The molecule has 1 heteroatoms. The van der Waals surface area contributed by atoms with Crippen LogP contribution in [0.2, 0.25) is 0 Å². The molecule has 0 unspecified atom stereocenters. The molecule has 0 aromatic heterocycles. The number of hydrogen-bond donors (Lipinski definition) is 0. The van der Waals surface area contributed by atoms with Crippen molar-refractivity contribution in [3.63, 3.8) is 0 Å². The van der Waals surface area contributed by atoms with Crippen LogP contribution >= 0.6 is 22.6 Å². The molecule has 0 saturated carbocycles. The normalized spacial score (nSPS) is 9.15. The Morgan fingerprint density at radius 1 is 0.846 bits per heavy atom. The van der Waals surface area contributed by atoms with Gasteiger partial charge in [-0.25, -0.2) is 0 Å².